The molecule has 0 unspecified atom stereocenters. The summed E-state index contributed by atoms with van der Waals surface area (Å²) < 4.78 is 0. The monoisotopic (exact) mass is 429 g/mol. The Kier molecular flexibility index (Phi) is 6.71. The van der Waals surface area contributed by atoms with Crippen molar-refractivity contribution in [3.05, 3.63) is 93.0 Å². The summed E-state index contributed by atoms with van der Waals surface area (Å²) in [5.74, 6) is 0.0560. The summed E-state index contributed by atoms with van der Waals surface area (Å²) in [6.07, 6.45) is 0.270. The smallest absolute Gasteiger partial charge is 0.164 e. The number of nitrogen functional groups attached to an aromatic ring is 1. The number of ketones is 1. The molecule has 0 heterocycles. The van der Waals surface area contributed by atoms with Gasteiger partial charge in [0, 0.05) is 43.4 Å². The molecule has 0 aliphatic heterocycles. The quantitative estimate of drug-likeness (QED) is 0.254. The van der Waals surface area contributed by atoms with E-state index in [2.05, 4.69) is 0 Å². The van der Waals surface area contributed by atoms with Crippen LogP contribution in [0, 0.1) is 13.8 Å². The third-order valence-electron chi connectivity index (χ3n) is 4.56. The highest BCUT2D eigenvalue weighted by Crippen LogP contribution is 2.45. The van der Waals surface area contributed by atoms with Gasteiger partial charge >= 0.3 is 0 Å². The van der Waals surface area contributed by atoms with Crippen molar-refractivity contribution in [1.82, 2.24) is 0 Å². The predicted molar refractivity (Wildman–Crippen MR) is 121 cm³/mol. The molecule has 0 saturated carbocycles. The van der Waals surface area contributed by atoms with Gasteiger partial charge in [0.15, 0.2) is 5.78 Å². The highest BCUT2D eigenvalue weighted by Gasteiger charge is 2.24. The molecule has 0 saturated heterocycles. The normalized spacial score (nSPS) is 12.0. The largest absolute Gasteiger partial charge is 0.398 e. The van der Waals surface area contributed by atoms with Gasteiger partial charge in [-0.1, -0.05) is 65.2 Å². The first-order valence-electron chi connectivity index (χ1n) is 8.92. The summed E-state index contributed by atoms with van der Waals surface area (Å²) in [6, 6.07) is 18.9. The first kappa shape index (κ1) is 20.8. The molecule has 0 spiro atoms. The van der Waals surface area contributed by atoms with Crippen LogP contribution in [0.2, 0.25) is 10.0 Å². The van der Waals surface area contributed by atoms with Crippen molar-refractivity contribution in [3.8, 4) is 0 Å². The Morgan fingerprint density at radius 3 is 2.32 bits per heavy atom. The number of nitrogens with two attached hydrogens (primary N) is 1. The number of thioether (sulfide) groups is 1. The number of hydrogen-bond donors (Lipinski definition) is 1. The van der Waals surface area contributed by atoms with Gasteiger partial charge in [0.1, 0.15) is 0 Å². The third kappa shape index (κ3) is 4.72. The Labute approximate surface area is 180 Å². The van der Waals surface area contributed by atoms with Crippen molar-refractivity contribution in [2.75, 3.05) is 5.73 Å². The summed E-state index contributed by atoms with van der Waals surface area (Å²) in [4.78, 5) is 14.0. The van der Waals surface area contributed by atoms with E-state index in [-0.39, 0.29) is 17.5 Å². The number of carbonyl (C=O) groups excluding carboxylic acids is 1. The van der Waals surface area contributed by atoms with E-state index < -0.39 is 0 Å². The van der Waals surface area contributed by atoms with Gasteiger partial charge in [-0.2, -0.15) is 0 Å². The fourth-order valence-corrected chi connectivity index (χ4v) is 5.23. The number of Topliss-reactive ketones (excluding diaryl/α,β-unsaturated/α-hetero) is 1. The molecule has 0 aliphatic rings. The minimum absolute atomic E-state index is 0.0560. The molecule has 3 aromatic rings. The SMILES string of the molecule is Cc1ccc(C(=O)C[C@@H](Sc2ccccc2N)c2c(Cl)cccc2Cl)c(C)c1. The van der Waals surface area contributed by atoms with Crippen LogP contribution in [0.1, 0.15) is 38.7 Å². The van der Waals surface area contributed by atoms with Gasteiger partial charge in [-0.05, 0) is 43.7 Å². The second-order valence-electron chi connectivity index (χ2n) is 6.73. The minimum atomic E-state index is -0.251. The van der Waals surface area contributed by atoms with E-state index in [0.29, 0.717) is 15.7 Å². The van der Waals surface area contributed by atoms with Crippen LogP contribution in [0.25, 0.3) is 0 Å². The molecule has 1 atom stereocenters. The summed E-state index contributed by atoms with van der Waals surface area (Å²) in [5.41, 5.74) is 10.4. The molecule has 2 N–H and O–H groups in total. The molecule has 28 heavy (non-hydrogen) atoms. The summed E-state index contributed by atoms with van der Waals surface area (Å²) >= 11 is 14.5. The van der Waals surface area contributed by atoms with Crippen LogP contribution in [0.5, 0.6) is 0 Å². The Morgan fingerprint density at radius 2 is 1.68 bits per heavy atom. The summed E-state index contributed by atoms with van der Waals surface area (Å²) in [7, 11) is 0. The molecular formula is C23H21Cl2NOS. The molecule has 3 aromatic carbocycles. The van der Waals surface area contributed by atoms with Gasteiger partial charge < -0.3 is 5.73 Å². The number of hydrogen-bond acceptors (Lipinski definition) is 3. The molecule has 0 amide bonds. The highest BCUT2D eigenvalue weighted by molar-refractivity contribution is 7.99. The summed E-state index contributed by atoms with van der Waals surface area (Å²) in [6.45, 7) is 3.97. The van der Waals surface area contributed by atoms with E-state index >= 15 is 0 Å². The van der Waals surface area contributed by atoms with Crippen LogP contribution in [-0.2, 0) is 0 Å². The molecule has 144 valence electrons. The Morgan fingerprint density at radius 1 is 1.00 bits per heavy atom. The molecule has 0 fully saturated rings. The first-order valence-corrected chi connectivity index (χ1v) is 10.6. The standard InChI is InChI=1S/C23H21Cl2NOS/c1-14-10-11-16(15(2)12-14)20(27)13-22(23-17(24)6-5-7-18(23)25)28-21-9-4-3-8-19(21)26/h3-12,22H,13,26H2,1-2H3/t22-/m1/s1. The van der Waals surface area contributed by atoms with Crippen LogP contribution < -0.4 is 5.73 Å². The van der Waals surface area contributed by atoms with Crippen LogP contribution in [0.4, 0.5) is 5.69 Å². The number of aryl methyl sites for hydroxylation is 2. The highest BCUT2D eigenvalue weighted by atomic mass is 35.5. The van der Waals surface area contributed by atoms with Gasteiger partial charge in [-0.25, -0.2) is 0 Å². The Balaban J connectivity index is 1.98. The Hall–Kier alpha value is -1.94. The second kappa shape index (κ2) is 9.04. The molecule has 5 heteroatoms. The average Bonchev–Trinajstić information content (AvgIpc) is 2.63. The lowest BCUT2D eigenvalue weighted by Crippen LogP contribution is -2.08. The zero-order valence-corrected chi connectivity index (χ0v) is 18.0. The second-order valence-corrected chi connectivity index (χ2v) is 8.78. The van der Waals surface area contributed by atoms with E-state index in [1.54, 1.807) is 18.2 Å². The number of rotatable bonds is 6. The van der Waals surface area contributed by atoms with Gasteiger partial charge in [-0.15, -0.1) is 11.8 Å². The average molecular weight is 430 g/mol. The summed E-state index contributed by atoms with van der Waals surface area (Å²) in [5, 5.41) is 0.847. The van der Waals surface area contributed by atoms with E-state index in [9.17, 15) is 4.79 Å². The maximum absolute atomic E-state index is 13.1. The maximum atomic E-state index is 13.1. The van der Waals surface area contributed by atoms with Gasteiger partial charge in [0.05, 0.1) is 0 Å². The van der Waals surface area contributed by atoms with E-state index in [0.717, 1.165) is 27.1 Å². The lowest BCUT2D eigenvalue weighted by atomic mass is 9.97. The molecule has 0 bridgehead atoms. The number of anilines is 1. The van der Waals surface area contributed by atoms with Crippen LogP contribution in [0.15, 0.2) is 65.6 Å². The molecule has 2 nitrogen and oxygen atoms in total. The fraction of sp³-hybridized carbons (Fsp3) is 0.174. The van der Waals surface area contributed by atoms with E-state index in [4.69, 9.17) is 28.9 Å². The van der Waals surface area contributed by atoms with Crippen molar-refractivity contribution in [3.63, 3.8) is 0 Å². The minimum Gasteiger partial charge on any atom is -0.398 e. The van der Waals surface area contributed by atoms with Crippen molar-refractivity contribution >= 4 is 46.4 Å². The lowest BCUT2D eigenvalue weighted by Gasteiger charge is -2.20. The van der Waals surface area contributed by atoms with Crippen LogP contribution >= 0.6 is 35.0 Å². The number of benzene rings is 3. The van der Waals surface area contributed by atoms with Crippen molar-refractivity contribution < 1.29 is 4.79 Å². The number of para-hydroxylation sites is 1. The molecule has 3 rings (SSSR count). The number of halogens is 2. The first-order chi connectivity index (χ1) is 13.4. The topological polar surface area (TPSA) is 43.1 Å². The lowest BCUT2D eigenvalue weighted by molar-refractivity contribution is 0.0981. The Bertz CT molecular complexity index is 999. The maximum Gasteiger partial charge on any atom is 0.164 e. The predicted octanol–water partition coefficient (Wildman–Crippen LogP) is 7.30. The van der Waals surface area contributed by atoms with Gasteiger partial charge in [-0.3, -0.25) is 4.79 Å². The molecule has 0 aromatic heterocycles. The van der Waals surface area contributed by atoms with Crippen molar-refractivity contribution in [2.45, 2.75) is 30.4 Å². The van der Waals surface area contributed by atoms with Crippen molar-refractivity contribution in [1.29, 1.82) is 0 Å². The molecule has 0 radical (unpaired) electrons. The number of carbonyl (C=O) groups is 1. The van der Waals surface area contributed by atoms with Crippen LogP contribution in [-0.4, -0.2) is 5.78 Å². The van der Waals surface area contributed by atoms with Crippen LogP contribution in [0.3, 0.4) is 0 Å². The van der Waals surface area contributed by atoms with Gasteiger partial charge in [0.2, 0.25) is 0 Å². The third-order valence-corrected chi connectivity index (χ3v) is 6.53. The van der Waals surface area contributed by atoms with Gasteiger partial charge in [0.25, 0.3) is 0 Å². The molecular weight excluding hydrogens is 409 g/mol. The zero-order chi connectivity index (χ0) is 20.3. The molecule has 0 aliphatic carbocycles. The van der Waals surface area contributed by atoms with E-state index in [1.807, 2.05) is 56.3 Å². The van der Waals surface area contributed by atoms with E-state index in [1.165, 1.54) is 11.8 Å². The zero-order valence-electron chi connectivity index (χ0n) is 15.7. The fourth-order valence-electron chi connectivity index (χ4n) is 3.17. The van der Waals surface area contributed by atoms with Crippen molar-refractivity contribution in [2.24, 2.45) is 0 Å².